The van der Waals surface area contributed by atoms with Crippen molar-refractivity contribution < 1.29 is 16.8 Å². The quantitative estimate of drug-likeness (QED) is 0.429. The SMILES string of the molecule is [Cl-].c1ccc2c(c1)[nH]c1c2cc[n+]2ccccc12. The van der Waals surface area contributed by atoms with Gasteiger partial charge >= 0.3 is 0 Å². The van der Waals surface area contributed by atoms with E-state index in [1.807, 2.05) is 6.07 Å². The first-order valence-electron chi connectivity index (χ1n) is 5.73. The largest absolute Gasteiger partial charge is 1.00 e. The van der Waals surface area contributed by atoms with Crippen LogP contribution in [-0.4, -0.2) is 4.98 Å². The number of H-pyrrole nitrogens is 1. The van der Waals surface area contributed by atoms with Gasteiger partial charge in [0.1, 0.15) is 5.52 Å². The summed E-state index contributed by atoms with van der Waals surface area (Å²) < 4.78 is 2.14. The summed E-state index contributed by atoms with van der Waals surface area (Å²) in [5.74, 6) is 0. The van der Waals surface area contributed by atoms with E-state index in [2.05, 4.69) is 64.2 Å². The highest BCUT2D eigenvalue weighted by atomic mass is 35.5. The number of pyridine rings is 2. The molecule has 4 aromatic rings. The van der Waals surface area contributed by atoms with Gasteiger partial charge in [-0.1, -0.05) is 18.2 Å². The van der Waals surface area contributed by atoms with Gasteiger partial charge < -0.3 is 17.4 Å². The van der Waals surface area contributed by atoms with Crippen molar-refractivity contribution in [3.63, 3.8) is 0 Å². The minimum Gasteiger partial charge on any atom is -1.00 e. The molecule has 0 bridgehead atoms. The first kappa shape index (κ1) is 11.1. The highest BCUT2D eigenvalue weighted by Gasteiger charge is 2.11. The van der Waals surface area contributed by atoms with Crippen molar-refractivity contribution in [2.75, 3.05) is 0 Å². The summed E-state index contributed by atoms with van der Waals surface area (Å²) in [6.07, 6.45) is 4.18. The molecule has 0 radical (unpaired) electrons. The van der Waals surface area contributed by atoms with Crippen molar-refractivity contribution >= 4 is 27.3 Å². The molecule has 0 saturated carbocycles. The summed E-state index contributed by atoms with van der Waals surface area (Å²) in [5.41, 5.74) is 3.61. The third-order valence-electron chi connectivity index (χ3n) is 3.29. The van der Waals surface area contributed by atoms with Crippen LogP contribution < -0.4 is 16.8 Å². The van der Waals surface area contributed by atoms with Gasteiger partial charge in [0.2, 0.25) is 5.52 Å². The van der Waals surface area contributed by atoms with Crippen LogP contribution in [0.1, 0.15) is 0 Å². The van der Waals surface area contributed by atoms with E-state index in [1.54, 1.807) is 0 Å². The lowest BCUT2D eigenvalue weighted by molar-refractivity contribution is -0.510. The summed E-state index contributed by atoms with van der Waals surface area (Å²) >= 11 is 0. The minimum absolute atomic E-state index is 0. The Morgan fingerprint density at radius 3 is 2.56 bits per heavy atom. The second kappa shape index (κ2) is 4.00. The van der Waals surface area contributed by atoms with Crippen LogP contribution in [0, 0.1) is 0 Å². The molecule has 0 aliphatic heterocycles. The predicted octanol–water partition coefficient (Wildman–Crippen LogP) is 0.0638. The maximum atomic E-state index is 3.50. The third kappa shape index (κ3) is 1.39. The molecular weight excluding hydrogens is 244 g/mol. The van der Waals surface area contributed by atoms with E-state index in [1.165, 1.54) is 27.3 Å². The van der Waals surface area contributed by atoms with Gasteiger partial charge in [-0.3, -0.25) is 0 Å². The van der Waals surface area contributed by atoms with E-state index in [-0.39, 0.29) is 12.4 Å². The normalized spacial score (nSPS) is 10.9. The molecule has 0 fully saturated rings. The Bertz CT molecular complexity index is 849. The van der Waals surface area contributed by atoms with E-state index >= 15 is 0 Å². The van der Waals surface area contributed by atoms with Crippen LogP contribution in [0.15, 0.2) is 60.9 Å². The predicted molar refractivity (Wildman–Crippen MR) is 69.0 cm³/mol. The summed E-state index contributed by atoms with van der Waals surface area (Å²) in [5, 5.41) is 2.57. The molecule has 0 aliphatic rings. The molecule has 1 aromatic carbocycles. The van der Waals surface area contributed by atoms with Crippen LogP contribution in [-0.2, 0) is 0 Å². The van der Waals surface area contributed by atoms with E-state index in [9.17, 15) is 0 Å². The maximum Gasteiger partial charge on any atom is 0.234 e. The number of fused-ring (bicyclic) bond motifs is 5. The number of nitrogens with zero attached hydrogens (tertiary/aromatic N) is 1. The number of hydrogen-bond donors (Lipinski definition) is 1. The first-order chi connectivity index (χ1) is 8.43. The fourth-order valence-electron chi connectivity index (χ4n) is 2.49. The highest BCUT2D eigenvalue weighted by molar-refractivity contribution is 6.10. The highest BCUT2D eigenvalue weighted by Crippen LogP contribution is 2.25. The van der Waals surface area contributed by atoms with Gasteiger partial charge in [-0.2, -0.15) is 4.40 Å². The number of aromatic nitrogens is 2. The van der Waals surface area contributed by atoms with Crippen molar-refractivity contribution in [2.45, 2.75) is 0 Å². The van der Waals surface area contributed by atoms with Gasteiger partial charge in [-0.15, -0.1) is 0 Å². The summed E-state index contributed by atoms with van der Waals surface area (Å²) in [4.78, 5) is 3.50. The molecule has 0 amide bonds. The molecule has 18 heavy (non-hydrogen) atoms. The number of halogens is 1. The molecule has 3 heterocycles. The Labute approximate surface area is 110 Å². The van der Waals surface area contributed by atoms with Gasteiger partial charge in [-0.05, 0) is 12.1 Å². The van der Waals surface area contributed by atoms with E-state index in [0.29, 0.717) is 0 Å². The van der Waals surface area contributed by atoms with Gasteiger partial charge in [0.25, 0.3) is 0 Å². The lowest BCUT2D eigenvalue weighted by atomic mass is 10.2. The molecule has 3 aromatic heterocycles. The van der Waals surface area contributed by atoms with Crippen molar-refractivity contribution in [3.05, 3.63) is 60.9 Å². The maximum absolute atomic E-state index is 3.50. The Balaban J connectivity index is 0.000001000. The topological polar surface area (TPSA) is 19.9 Å². The molecule has 3 heteroatoms. The van der Waals surface area contributed by atoms with Crippen LogP contribution in [0.5, 0.6) is 0 Å². The Morgan fingerprint density at radius 1 is 0.778 bits per heavy atom. The van der Waals surface area contributed by atoms with Crippen LogP contribution in [0.4, 0.5) is 0 Å². The first-order valence-corrected chi connectivity index (χ1v) is 5.73. The summed E-state index contributed by atoms with van der Waals surface area (Å²) in [6, 6.07) is 16.8. The zero-order chi connectivity index (χ0) is 11.2. The van der Waals surface area contributed by atoms with Crippen LogP contribution in [0.2, 0.25) is 0 Å². The smallest absolute Gasteiger partial charge is 0.234 e. The van der Waals surface area contributed by atoms with Crippen molar-refractivity contribution in [1.29, 1.82) is 0 Å². The molecule has 0 aliphatic carbocycles. The Hall–Kier alpha value is -2.06. The third-order valence-corrected chi connectivity index (χ3v) is 3.29. The van der Waals surface area contributed by atoms with Gasteiger partial charge in [0.15, 0.2) is 12.4 Å². The fraction of sp³-hybridized carbons (Fsp3) is 0. The monoisotopic (exact) mass is 254 g/mol. The molecule has 1 N–H and O–H groups in total. The molecule has 88 valence electrons. The second-order valence-electron chi connectivity index (χ2n) is 4.27. The number of para-hydroxylation sites is 1. The van der Waals surface area contributed by atoms with Crippen molar-refractivity contribution in [2.24, 2.45) is 0 Å². The molecular formula is C15H11ClN2. The molecule has 0 spiro atoms. The lowest BCUT2D eigenvalue weighted by Gasteiger charge is -1.92. The second-order valence-corrected chi connectivity index (χ2v) is 4.27. The zero-order valence-electron chi connectivity index (χ0n) is 9.60. The van der Waals surface area contributed by atoms with Gasteiger partial charge in [-0.25, -0.2) is 0 Å². The number of benzene rings is 1. The average molecular weight is 255 g/mol. The summed E-state index contributed by atoms with van der Waals surface area (Å²) in [7, 11) is 0. The van der Waals surface area contributed by atoms with Crippen LogP contribution in [0.3, 0.4) is 0 Å². The molecule has 0 saturated heterocycles. The average Bonchev–Trinajstić information content (AvgIpc) is 2.78. The zero-order valence-corrected chi connectivity index (χ0v) is 10.4. The van der Waals surface area contributed by atoms with E-state index in [0.717, 1.165) is 0 Å². The summed E-state index contributed by atoms with van der Waals surface area (Å²) in [6.45, 7) is 0. The van der Waals surface area contributed by atoms with E-state index in [4.69, 9.17) is 0 Å². The molecule has 2 nitrogen and oxygen atoms in total. The number of aromatic amines is 1. The number of hydrogen-bond acceptors (Lipinski definition) is 0. The Morgan fingerprint density at radius 2 is 1.61 bits per heavy atom. The van der Waals surface area contributed by atoms with Gasteiger partial charge in [0, 0.05) is 34.5 Å². The molecule has 4 rings (SSSR count). The van der Waals surface area contributed by atoms with Crippen LogP contribution in [0.25, 0.3) is 27.3 Å². The number of rotatable bonds is 0. The van der Waals surface area contributed by atoms with Crippen LogP contribution >= 0.6 is 0 Å². The van der Waals surface area contributed by atoms with E-state index < -0.39 is 0 Å². The standard InChI is InChI=1S/C15H10N2.ClH/c1-2-6-13-11(5-1)12-8-10-17-9-4-3-7-14(17)15(12)16-13;/h1-10H;1H. The van der Waals surface area contributed by atoms with Gasteiger partial charge in [0.05, 0.1) is 0 Å². The molecule has 0 unspecified atom stereocenters. The fourth-order valence-corrected chi connectivity index (χ4v) is 2.49. The van der Waals surface area contributed by atoms with Crippen molar-refractivity contribution in [3.8, 4) is 0 Å². The lowest BCUT2D eigenvalue weighted by Crippen LogP contribution is -3.00. The number of nitrogens with one attached hydrogen (secondary N) is 1. The molecule has 0 atom stereocenters. The Kier molecular flexibility index (Phi) is 2.46. The minimum atomic E-state index is 0. The van der Waals surface area contributed by atoms with Crippen molar-refractivity contribution in [1.82, 2.24) is 4.98 Å².